The lowest BCUT2D eigenvalue weighted by atomic mass is 10.1. The number of nitrogens with two attached hydrogens (primary N) is 1. The molecule has 8 nitrogen and oxygen atoms in total. The standard InChI is InChI=1S/C21H29FN6.C5H12.C2H6.CH3NO/c1-15-13-17(7-8-19(15)28-11-9-27(2)10-12-28)25-21-23-14-18(22)20(26-21)24-16-5-3-4-6-16;1-3-5-4-2;1-2;2-1-3/h7-8,13-14,16H,3-6,9-12H2,1-2H3,(H2,23,24,25,26);3-5H2,1-2H3;1-2H3;1H,(H2,2,3). The molecule has 1 aliphatic heterocycles. The van der Waals surface area contributed by atoms with Gasteiger partial charge in [-0.3, -0.25) is 4.79 Å². The average molecular weight is 532 g/mol. The Morgan fingerprint density at radius 3 is 2.24 bits per heavy atom. The van der Waals surface area contributed by atoms with Crippen LogP contribution in [0.5, 0.6) is 0 Å². The van der Waals surface area contributed by atoms with Crippen molar-refractivity contribution in [3.8, 4) is 0 Å². The van der Waals surface area contributed by atoms with Crippen LogP contribution in [0.4, 0.5) is 27.5 Å². The van der Waals surface area contributed by atoms with Gasteiger partial charge in [0.05, 0.1) is 6.20 Å². The van der Waals surface area contributed by atoms with E-state index in [1.807, 2.05) is 19.9 Å². The van der Waals surface area contributed by atoms with Crippen molar-refractivity contribution in [1.82, 2.24) is 14.9 Å². The first kappa shape index (κ1) is 33.1. The summed E-state index contributed by atoms with van der Waals surface area (Å²) in [6.07, 6.45) is 10.1. The normalized spacial score (nSPS) is 15.2. The monoisotopic (exact) mass is 531 g/mol. The van der Waals surface area contributed by atoms with Crippen molar-refractivity contribution in [2.45, 2.75) is 85.6 Å². The van der Waals surface area contributed by atoms with E-state index >= 15 is 0 Å². The number of carbonyl (C=O) groups excluding carboxylic acids is 1. The zero-order chi connectivity index (χ0) is 28.3. The number of amides is 1. The van der Waals surface area contributed by atoms with E-state index in [2.05, 4.69) is 76.1 Å². The Kier molecular flexibility index (Phi) is 16.7. The lowest BCUT2D eigenvalue weighted by molar-refractivity contribution is -0.106. The number of likely N-dealkylation sites (N-methyl/N-ethyl adjacent to an activating group) is 1. The Hall–Kier alpha value is -2.94. The number of halogens is 1. The van der Waals surface area contributed by atoms with E-state index in [4.69, 9.17) is 4.79 Å². The molecule has 4 rings (SSSR count). The van der Waals surface area contributed by atoms with E-state index in [9.17, 15) is 4.39 Å². The fourth-order valence-corrected chi connectivity index (χ4v) is 4.41. The van der Waals surface area contributed by atoms with Crippen LogP contribution in [0, 0.1) is 12.7 Å². The molecule has 38 heavy (non-hydrogen) atoms. The molecule has 1 amide bonds. The fourth-order valence-electron chi connectivity index (χ4n) is 4.41. The molecule has 0 radical (unpaired) electrons. The van der Waals surface area contributed by atoms with Crippen LogP contribution in [0.15, 0.2) is 24.4 Å². The van der Waals surface area contributed by atoms with Crippen LogP contribution in [0.2, 0.25) is 0 Å². The Bertz CT molecular complexity index is 912. The van der Waals surface area contributed by atoms with Crippen LogP contribution in [-0.4, -0.2) is 60.5 Å². The lowest BCUT2D eigenvalue weighted by Gasteiger charge is -2.35. The predicted molar refractivity (Wildman–Crippen MR) is 159 cm³/mol. The van der Waals surface area contributed by atoms with Crippen molar-refractivity contribution in [3.63, 3.8) is 0 Å². The molecule has 9 heteroatoms. The van der Waals surface area contributed by atoms with E-state index in [-0.39, 0.29) is 12.2 Å². The topological polar surface area (TPSA) is 99.4 Å². The zero-order valence-electron chi connectivity index (χ0n) is 24.4. The Morgan fingerprint density at radius 1 is 1.11 bits per heavy atom. The maximum absolute atomic E-state index is 14.1. The first-order valence-corrected chi connectivity index (χ1v) is 14.2. The molecule has 0 unspecified atom stereocenters. The number of piperazine rings is 1. The quantitative estimate of drug-likeness (QED) is 0.371. The van der Waals surface area contributed by atoms with E-state index < -0.39 is 5.82 Å². The first-order valence-electron chi connectivity index (χ1n) is 14.2. The van der Waals surface area contributed by atoms with Crippen LogP contribution in [0.3, 0.4) is 0 Å². The number of unbranched alkanes of at least 4 members (excludes halogenated alkanes) is 2. The highest BCUT2D eigenvalue weighted by molar-refractivity contribution is 5.64. The SMILES string of the molecule is CC.CCCCC.Cc1cc(Nc2ncc(F)c(NC3CCCC3)n2)ccc1N1CCN(C)CC1.NC=O. The lowest BCUT2D eigenvalue weighted by Crippen LogP contribution is -2.44. The number of nitrogens with one attached hydrogen (secondary N) is 2. The Balaban J connectivity index is 0.000000628. The molecule has 2 heterocycles. The van der Waals surface area contributed by atoms with Crippen molar-refractivity contribution in [2.24, 2.45) is 5.73 Å². The fraction of sp³-hybridized carbons (Fsp3) is 0.621. The highest BCUT2D eigenvalue weighted by Gasteiger charge is 2.18. The maximum Gasteiger partial charge on any atom is 0.229 e. The second-order valence-corrected chi connectivity index (χ2v) is 9.42. The number of aromatic nitrogens is 2. The number of hydrogen-bond acceptors (Lipinski definition) is 7. The van der Waals surface area contributed by atoms with Gasteiger partial charge < -0.3 is 26.2 Å². The molecule has 4 N–H and O–H groups in total. The van der Waals surface area contributed by atoms with Crippen LogP contribution < -0.4 is 21.3 Å². The first-order chi connectivity index (χ1) is 18.4. The van der Waals surface area contributed by atoms with Gasteiger partial charge >= 0.3 is 0 Å². The minimum atomic E-state index is -0.404. The number of primary amides is 1. The van der Waals surface area contributed by atoms with Crippen LogP contribution in [0.25, 0.3) is 0 Å². The van der Waals surface area contributed by atoms with Crippen molar-refractivity contribution >= 4 is 29.6 Å². The number of nitrogens with zero attached hydrogens (tertiary/aromatic N) is 4. The van der Waals surface area contributed by atoms with Gasteiger partial charge in [-0.05, 0) is 50.6 Å². The zero-order valence-corrected chi connectivity index (χ0v) is 24.4. The number of hydrogen-bond donors (Lipinski definition) is 3. The van der Waals surface area contributed by atoms with Crippen molar-refractivity contribution in [2.75, 3.05) is 48.8 Å². The third kappa shape index (κ3) is 11.6. The van der Waals surface area contributed by atoms with E-state index in [0.717, 1.165) is 44.7 Å². The van der Waals surface area contributed by atoms with E-state index in [0.29, 0.717) is 12.0 Å². The predicted octanol–water partition coefficient (Wildman–Crippen LogP) is 6.10. The average Bonchev–Trinajstić information content (AvgIpc) is 3.43. The molecule has 214 valence electrons. The second kappa shape index (κ2) is 19.2. The van der Waals surface area contributed by atoms with Gasteiger partial charge in [-0.1, -0.05) is 59.8 Å². The van der Waals surface area contributed by atoms with Crippen molar-refractivity contribution in [1.29, 1.82) is 0 Å². The molecule has 0 bridgehead atoms. The molecule has 2 aliphatic rings. The summed E-state index contributed by atoms with van der Waals surface area (Å²) in [4.78, 5) is 21.8. The van der Waals surface area contributed by atoms with Gasteiger partial charge in [0.2, 0.25) is 12.4 Å². The molecular weight excluding hydrogens is 481 g/mol. The minimum absolute atomic E-state index is 0.250. The molecule has 0 spiro atoms. The molecule has 2 fully saturated rings. The summed E-state index contributed by atoms with van der Waals surface area (Å²) in [7, 11) is 2.16. The summed E-state index contributed by atoms with van der Waals surface area (Å²) >= 11 is 0. The summed E-state index contributed by atoms with van der Waals surface area (Å²) in [6, 6.07) is 6.59. The number of rotatable bonds is 7. The van der Waals surface area contributed by atoms with E-state index in [1.165, 1.54) is 49.6 Å². The molecule has 1 aliphatic carbocycles. The minimum Gasteiger partial charge on any atom is -0.372 e. The maximum atomic E-state index is 14.1. The smallest absolute Gasteiger partial charge is 0.229 e. The second-order valence-electron chi connectivity index (χ2n) is 9.42. The van der Waals surface area contributed by atoms with Gasteiger partial charge in [0.25, 0.3) is 0 Å². The van der Waals surface area contributed by atoms with Gasteiger partial charge in [0.15, 0.2) is 11.6 Å². The van der Waals surface area contributed by atoms with Crippen LogP contribution in [-0.2, 0) is 4.79 Å². The van der Waals surface area contributed by atoms with Gasteiger partial charge in [-0.2, -0.15) is 4.98 Å². The van der Waals surface area contributed by atoms with Crippen LogP contribution in [0.1, 0.15) is 78.2 Å². The van der Waals surface area contributed by atoms with Crippen molar-refractivity contribution < 1.29 is 9.18 Å². The summed E-state index contributed by atoms with van der Waals surface area (Å²) < 4.78 is 14.1. The molecule has 1 saturated heterocycles. The molecule has 1 aromatic heterocycles. The summed E-state index contributed by atoms with van der Waals surface area (Å²) in [5.74, 6) is 0.294. The largest absolute Gasteiger partial charge is 0.372 e. The van der Waals surface area contributed by atoms with Gasteiger partial charge in [0, 0.05) is 43.6 Å². The highest BCUT2D eigenvalue weighted by Crippen LogP contribution is 2.27. The summed E-state index contributed by atoms with van der Waals surface area (Å²) in [5, 5.41) is 6.44. The number of benzene rings is 1. The van der Waals surface area contributed by atoms with Gasteiger partial charge in [-0.25, -0.2) is 9.37 Å². The third-order valence-corrected chi connectivity index (χ3v) is 6.44. The van der Waals surface area contributed by atoms with Crippen molar-refractivity contribution in [3.05, 3.63) is 35.8 Å². The number of carbonyl (C=O) groups is 1. The third-order valence-electron chi connectivity index (χ3n) is 6.44. The molecule has 0 atom stereocenters. The van der Waals surface area contributed by atoms with E-state index in [1.54, 1.807) is 0 Å². The molecule has 1 aromatic carbocycles. The number of anilines is 4. The van der Waals surface area contributed by atoms with Gasteiger partial charge in [-0.15, -0.1) is 0 Å². The summed E-state index contributed by atoms with van der Waals surface area (Å²) in [5.41, 5.74) is 7.55. The Labute approximate surface area is 229 Å². The van der Waals surface area contributed by atoms with Gasteiger partial charge in [0.1, 0.15) is 0 Å². The molecule has 2 aromatic rings. The highest BCUT2D eigenvalue weighted by atomic mass is 19.1. The summed E-state index contributed by atoms with van der Waals surface area (Å²) in [6.45, 7) is 14.8. The number of aryl methyl sites for hydroxylation is 1. The Morgan fingerprint density at radius 2 is 1.71 bits per heavy atom. The molecular formula is C29H50FN7O. The molecule has 1 saturated carbocycles. The van der Waals surface area contributed by atoms with Crippen LogP contribution >= 0.6 is 0 Å².